The maximum atomic E-state index is 4.99. The third kappa shape index (κ3) is 4.44. The predicted molar refractivity (Wildman–Crippen MR) is 60.7 cm³/mol. The molecule has 0 fully saturated rings. The lowest BCUT2D eigenvalue weighted by atomic mass is 10.3. The molecule has 0 spiro atoms. The molecule has 1 aromatic heterocycles. The van der Waals surface area contributed by atoms with Gasteiger partial charge in [-0.2, -0.15) is 0 Å². The lowest BCUT2D eigenvalue weighted by Crippen LogP contribution is -2.18. The van der Waals surface area contributed by atoms with Crippen molar-refractivity contribution in [2.24, 2.45) is 0 Å². The number of methoxy groups -OCH3 is 1. The molecule has 0 radical (unpaired) electrons. The average molecular weight is 211 g/mol. The normalized spacial score (nSPS) is 10.8. The highest BCUT2D eigenvalue weighted by atomic mass is 16.5. The van der Waals surface area contributed by atoms with E-state index in [0.29, 0.717) is 0 Å². The van der Waals surface area contributed by atoms with Crippen molar-refractivity contribution in [3.8, 4) is 0 Å². The number of ether oxygens (including phenoxy) is 1. The Hall–Kier alpha value is -0.870. The summed E-state index contributed by atoms with van der Waals surface area (Å²) in [6.45, 7) is 5.85. The van der Waals surface area contributed by atoms with Gasteiger partial charge in [-0.1, -0.05) is 0 Å². The smallest absolute Gasteiger partial charge is 0.122 e. The van der Waals surface area contributed by atoms with Crippen LogP contribution >= 0.6 is 0 Å². The van der Waals surface area contributed by atoms with E-state index in [1.807, 2.05) is 12.4 Å². The van der Waals surface area contributed by atoms with Crippen LogP contribution in [0.25, 0.3) is 0 Å². The third-order valence-corrected chi connectivity index (χ3v) is 2.38. The topological polar surface area (TPSA) is 39.1 Å². The van der Waals surface area contributed by atoms with Gasteiger partial charge in [-0.05, 0) is 26.3 Å². The lowest BCUT2D eigenvalue weighted by Gasteiger charge is -2.06. The first-order valence-corrected chi connectivity index (χ1v) is 5.58. The maximum Gasteiger partial charge on any atom is 0.122 e. The van der Waals surface area contributed by atoms with E-state index in [4.69, 9.17) is 4.74 Å². The number of aromatic nitrogens is 2. The summed E-state index contributed by atoms with van der Waals surface area (Å²) in [7, 11) is 1.74. The Morgan fingerprint density at radius 2 is 2.33 bits per heavy atom. The largest absolute Gasteiger partial charge is 0.385 e. The first kappa shape index (κ1) is 12.2. The molecule has 15 heavy (non-hydrogen) atoms. The number of nitrogens with zero attached hydrogens (tertiary/aromatic N) is 2. The highest BCUT2D eigenvalue weighted by Gasteiger charge is 1.99. The molecule has 0 saturated carbocycles. The van der Waals surface area contributed by atoms with Gasteiger partial charge >= 0.3 is 0 Å². The molecule has 1 aromatic rings. The fraction of sp³-hybridized carbons (Fsp3) is 0.727. The van der Waals surface area contributed by atoms with E-state index in [9.17, 15) is 0 Å². The van der Waals surface area contributed by atoms with Crippen molar-refractivity contribution in [1.29, 1.82) is 0 Å². The van der Waals surface area contributed by atoms with E-state index < -0.39 is 0 Å². The van der Waals surface area contributed by atoms with Gasteiger partial charge in [0.05, 0.1) is 6.54 Å². The maximum absolute atomic E-state index is 4.99. The molecule has 0 amide bonds. The van der Waals surface area contributed by atoms with E-state index in [2.05, 4.69) is 21.8 Å². The average Bonchev–Trinajstić information content (AvgIpc) is 2.70. The van der Waals surface area contributed by atoms with Crippen molar-refractivity contribution in [2.45, 2.75) is 32.9 Å². The van der Waals surface area contributed by atoms with Crippen molar-refractivity contribution < 1.29 is 4.74 Å². The third-order valence-electron chi connectivity index (χ3n) is 2.38. The Labute approximate surface area is 91.7 Å². The van der Waals surface area contributed by atoms with Gasteiger partial charge in [-0.25, -0.2) is 4.98 Å². The van der Waals surface area contributed by atoms with Crippen LogP contribution in [0.3, 0.4) is 0 Å². The van der Waals surface area contributed by atoms with Crippen LogP contribution in [0.2, 0.25) is 0 Å². The fourth-order valence-electron chi connectivity index (χ4n) is 1.49. The van der Waals surface area contributed by atoms with Crippen molar-refractivity contribution in [2.75, 3.05) is 20.3 Å². The fourth-order valence-corrected chi connectivity index (χ4v) is 1.49. The second-order valence-corrected chi connectivity index (χ2v) is 3.51. The molecule has 0 aromatic carbocycles. The quantitative estimate of drug-likeness (QED) is 0.661. The first-order chi connectivity index (χ1) is 7.38. The van der Waals surface area contributed by atoms with Crippen molar-refractivity contribution in [3.05, 3.63) is 18.2 Å². The number of nitrogens with one attached hydrogen (secondary N) is 1. The highest BCUT2D eigenvalue weighted by molar-refractivity contribution is 4.91. The van der Waals surface area contributed by atoms with Crippen LogP contribution in [0.15, 0.2) is 12.4 Å². The molecule has 0 atom stereocenters. The summed E-state index contributed by atoms with van der Waals surface area (Å²) < 4.78 is 7.14. The zero-order valence-electron chi connectivity index (χ0n) is 9.70. The molecule has 1 rings (SSSR count). The number of hydrogen-bond donors (Lipinski definition) is 1. The van der Waals surface area contributed by atoms with Crippen LogP contribution in [-0.4, -0.2) is 29.8 Å². The number of aryl methyl sites for hydroxylation is 1. The van der Waals surface area contributed by atoms with Gasteiger partial charge in [0, 0.05) is 32.7 Å². The molecule has 0 saturated heterocycles. The van der Waals surface area contributed by atoms with E-state index in [1.54, 1.807) is 7.11 Å². The Morgan fingerprint density at radius 1 is 1.47 bits per heavy atom. The van der Waals surface area contributed by atoms with Crippen LogP contribution in [-0.2, 0) is 17.8 Å². The van der Waals surface area contributed by atoms with Crippen molar-refractivity contribution >= 4 is 0 Å². The van der Waals surface area contributed by atoms with Gasteiger partial charge in [0.15, 0.2) is 0 Å². The van der Waals surface area contributed by atoms with Gasteiger partial charge in [0.1, 0.15) is 5.82 Å². The first-order valence-electron chi connectivity index (χ1n) is 5.58. The number of hydrogen-bond acceptors (Lipinski definition) is 3. The summed E-state index contributed by atoms with van der Waals surface area (Å²) in [4.78, 5) is 4.30. The molecule has 4 heteroatoms. The van der Waals surface area contributed by atoms with Crippen LogP contribution < -0.4 is 5.32 Å². The molecule has 4 nitrogen and oxygen atoms in total. The van der Waals surface area contributed by atoms with Crippen LogP contribution in [0.5, 0.6) is 0 Å². The van der Waals surface area contributed by atoms with Crippen LogP contribution in [0, 0.1) is 0 Å². The van der Waals surface area contributed by atoms with Crippen LogP contribution in [0.1, 0.15) is 25.6 Å². The molecular weight excluding hydrogens is 190 g/mol. The molecule has 0 bridgehead atoms. The summed E-state index contributed by atoms with van der Waals surface area (Å²) in [5, 5.41) is 3.38. The zero-order valence-corrected chi connectivity index (χ0v) is 9.70. The highest BCUT2D eigenvalue weighted by Crippen LogP contribution is 1.96. The molecular formula is C11H21N3O. The summed E-state index contributed by atoms with van der Waals surface area (Å²) in [5.41, 5.74) is 0. The van der Waals surface area contributed by atoms with Gasteiger partial charge in [0.2, 0.25) is 0 Å². The predicted octanol–water partition coefficient (Wildman–Crippen LogP) is 1.42. The second-order valence-electron chi connectivity index (χ2n) is 3.51. The zero-order chi connectivity index (χ0) is 10.9. The Balaban J connectivity index is 2.09. The van der Waals surface area contributed by atoms with Gasteiger partial charge < -0.3 is 14.6 Å². The van der Waals surface area contributed by atoms with Gasteiger partial charge in [-0.15, -0.1) is 0 Å². The molecule has 1 N–H and O–H groups in total. The minimum atomic E-state index is 0.852. The van der Waals surface area contributed by atoms with Crippen molar-refractivity contribution in [1.82, 2.24) is 14.9 Å². The standard InChI is InChI=1S/C11H21N3O/c1-3-14-8-7-13-11(14)10-12-6-4-5-9-15-2/h7-8,12H,3-6,9-10H2,1-2H3. The van der Waals surface area contributed by atoms with Gasteiger partial charge in [0.25, 0.3) is 0 Å². The van der Waals surface area contributed by atoms with E-state index >= 15 is 0 Å². The SMILES string of the molecule is CCn1ccnc1CNCCCCOC. The summed E-state index contributed by atoms with van der Waals surface area (Å²) in [6, 6.07) is 0. The Bertz CT molecular complexity index is 260. The molecule has 86 valence electrons. The number of imidazole rings is 1. The van der Waals surface area contributed by atoms with E-state index in [1.165, 1.54) is 0 Å². The molecule has 1 heterocycles. The molecule has 0 unspecified atom stereocenters. The minimum absolute atomic E-state index is 0.852. The summed E-state index contributed by atoms with van der Waals surface area (Å²) >= 11 is 0. The van der Waals surface area contributed by atoms with Crippen LogP contribution in [0.4, 0.5) is 0 Å². The lowest BCUT2D eigenvalue weighted by molar-refractivity contribution is 0.192. The second kappa shape index (κ2) is 7.43. The molecule has 0 aliphatic carbocycles. The summed E-state index contributed by atoms with van der Waals surface area (Å²) in [5.74, 6) is 1.12. The number of unbranched alkanes of at least 4 members (excludes halogenated alkanes) is 1. The summed E-state index contributed by atoms with van der Waals surface area (Å²) in [6.07, 6.45) is 6.14. The monoisotopic (exact) mass is 211 g/mol. The minimum Gasteiger partial charge on any atom is -0.385 e. The van der Waals surface area contributed by atoms with E-state index in [-0.39, 0.29) is 0 Å². The molecule has 0 aliphatic heterocycles. The van der Waals surface area contributed by atoms with E-state index in [0.717, 1.165) is 44.9 Å². The Kier molecular flexibility index (Phi) is 6.04. The molecule has 0 aliphatic rings. The van der Waals surface area contributed by atoms with Gasteiger partial charge in [-0.3, -0.25) is 0 Å². The number of rotatable bonds is 8. The Morgan fingerprint density at radius 3 is 3.07 bits per heavy atom. The van der Waals surface area contributed by atoms with Crippen molar-refractivity contribution in [3.63, 3.8) is 0 Å².